The first-order valence-electron chi connectivity index (χ1n) is 10.0. The average Bonchev–Trinajstić information content (AvgIpc) is 3.18. The summed E-state index contributed by atoms with van der Waals surface area (Å²) in [4.78, 5) is 18.7. The van der Waals surface area contributed by atoms with Crippen LogP contribution in [-0.2, 0) is 11.3 Å². The third-order valence-corrected chi connectivity index (χ3v) is 6.20. The van der Waals surface area contributed by atoms with E-state index in [2.05, 4.69) is 30.2 Å². The molecule has 1 aromatic carbocycles. The number of likely N-dealkylation sites (tertiary alicyclic amines) is 1. The maximum Gasteiger partial charge on any atom is 0.241 e. The van der Waals surface area contributed by atoms with Crippen LogP contribution in [0.4, 0.5) is 5.69 Å². The monoisotopic (exact) mass is 400 g/mol. The largest absolute Gasteiger partial charge is 0.486 e. The van der Waals surface area contributed by atoms with Crippen LogP contribution in [0.2, 0.25) is 0 Å². The summed E-state index contributed by atoms with van der Waals surface area (Å²) in [6.07, 6.45) is 1.24. The predicted octanol–water partition coefficient (Wildman–Crippen LogP) is 4.03. The van der Waals surface area contributed by atoms with Gasteiger partial charge in [0.1, 0.15) is 13.2 Å². The van der Waals surface area contributed by atoms with Gasteiger partial charge in [0.25, 0.3) is 0 Å². The van der Waals surface area contributed by atoms with Gasteiger partial charge in [-0.3, -0.25) is 9.69 Å². The van der Waals surface area contributed by atoms with Crippen LogP contribution < -0.4 is 14.4 Å². The van der Waals surface area contributed by atoms with Crippen LogP contribution in [0.3, 0.4) is 0 Å². The standard InChI is InChI=1S/C22H28N2O3S/c1-16-10-17(2)13-23(12-16)15-22(25)24(14-19-4-3-9-28-19)18-5-6-20-21(11-18)27-8-7-26-20/h3-6,9,11,16-17H,7-8,10,12-15H2,1-2H3. The van der Waals surface area contributed by atoms with Crippen LogP contribution in [0.1, 0.15) is 25.1 Å². The van der Waals surface area contributed by atoms with Crippen molar-refractivity contribution in [2.24, 2.45) is 11.8 Å². The van der Waals surface area contributed by atoms with E-state index in [1.165, 1.54) is 11.3 Å². The fourth-order valence-corrected chi connectivity index (χ4v) is 4.97. The highest BCUT2D eigenvalue weighted by Gasteiger charge is 2.26. The van der Waals surface area contributed by atoms with Gasteiger partial charge < -0.3 is 14.4 Å². The number of benzene rings is 1. The van der Waals surface area contributed by atoms with Crippen molar-refractivity contribution in [1.29, 1.82) is 0 Å². The molecule has 4 rings (SSSR count). The van der Waals surface area contributed by atoms with Gasteiger partial charge in [-0.15, -0.1) is 11.3 Å². The predicted molar refractivity (Wildman–Crippen MR) is 112 cm³/mol. The molecule has 0 spiro atoms. The number of thiophene rings is 1. The zero-order chi connectivity index (χ0) is 19.5. The molecule has 2 unspecified atom stereocenters. The second-order valence-electron chi connectivity index (χ2n) is 8.03. The second-order valence-corrected chi connectivity index (χ2v) is 9.06. The molecule has 2 atom stereocenters. The second kappa shape index (κ2) is 8.53. The van der Waals surface area contributed by atoms with E-state index >= 15 is 0 Å². The quantitative estimate of drug-likeness (QED) is 0.760. The molecule has 1 saturated heterocycles. The molecule has 0 aliphatic carbocycles. The number of hydrogen-bond donors (Lipinski definition) is 0. The number of nitrogens with zero attached hydrogens (tertiary/aromatic N) is 2. The number of anilines is 1. The Balaban J connectivity index is 1.55. The van der Waals surface area contributed by atoms with Gasteiger partial charge in [-0.2, -0.15) is 0 Å². The summed E-state index contributed by atoms with van der Waals surface area (Å²) in [5.74, 6) is 2.87. The number of carbonyl (C=O) groups is 1. The summed E-state index contributed by atoms with van der Waals surface area (Å²) in [5, 5.41) is 2.05. The molecule has 28 heavy (non-hydrogen) atoms. The van der Waals surface area contributed by atoms with Crippen molar-refractivity contribution >= 4 is 22.9 Å². The molecule has 6 heteroatoms. The van der Waals surface area contributed by atoms with Crippen LogP contribution in [0.25, 0.3) is 0 Å². The fraction of sp³-hybridized carbons (Fsp3) is 0.500. The zero-order valence-corrected chi connectivity index (χ0v) is 17.4. The molecular formula is C22H28N2O3S. The summed E-state index contributed by atoms with van der Waals surface area (Å²) in [5.41, 5.74) is 0.862. The smallest absolute Gasteiger partial charge is 0.241 e. The van der Waals surface area contributed by atoms with E-state index in [1.54, 1.807) is 11.3 Å². The molecular weight excluding hydrogens is 372 g/mol. The summed E-state index contributed by atoms with van der Waals surface area (Å²) >= 11 is 1.68. The number of piperidine rings is 1. The van der Waals surface area contributed by atoms with Crippen LogP contribution in [0.15, 0.2) is 35.7 Å². The molecule has 2 aliphatic heterocycles. The molecule has 3 heterocycles. The van der Waals surface area contributed by atoms with Crippen LogP contribution >= 0.6 is 11.3 Å². The number of ether oxygens (including phenoxy) is 2. The van der Waals surface area contributed by atoms with Crippen molar-refractivity contribution in [3.05, 3.63) is 40.6 Å². The molecule has 0 saturated carbocycles. The van der Waals surface area contributed by atoms with Crippen molar-refractivity contribution in [3.8, 4) is 11.5 Å². The summed E-state index contributed by atoms with van der Waals surface area (Å²) in [7, 11) is 0. The Morgan fingerprint density at radius 1 is 1.14 bits per heavy atom. The molecule has 5 nitrogen and oxygen atoms in total. The van der Waals surface area contributed by atoms with Gasteiger partial charge in [-0.1, -0.05) is 19.9 Å². The average molecular weight is 401 g/mol. The third-order valence-electron chi connectivity index (χ3n) is 5.34. The molecule has 1 aromatic heterocycles. The van der Waals surface area contributed by atoms with Crippen LogP contribution in [0, 0.1) is 11.8 Å². The molecule has 2 aromatic rings. The molecule has 150 valence electrons. The third kappa shape index (κ3) is 4.50. The van der Waals surface area contributed by atoms with Crippen molar-refractivity contribution < 1.29 is 14.3 Å². The number of fused-ring (bicyclic) bond motifs is 1. The maximum absolute atomic E-state index is 13.3. The zero-order valence-electron chi connectivity index (χ0n) is 16.6. The minimum atomic E-state index is 0.131. The van der Waals surface area contributed by atoms with Crippen LogP contribution in [0.5, 0.6) is 11.5 Å². The Morgan fingerprint density at radius 3 is 2.61 bits per heavy atom. The van der Waals surface area contributed by atoms with E-state index in [1.807, 2.05) is 29.2 Å². The van der Waals surface area contributed by atoms with E-state index < -0.39 is 0 Å². The van der Waals surface area contributed by atoms with E-state index in [0.29, 0.717) is 43.9 Å². The Hall–Kier alpha value is -2.05. The number of amides is 1. The summed E-state index contributed by atoms with van der Waals surface area (Å²) in [6, 6.07) is 9.90. The normalized spacial score (nSPS) is 22.1. The number of hydrogen-bond acceptors (Lipinski definition) is 5. The van der Waals surface area contributed by atoms with Crippen LogP contribution in [-0.4, -0.2) is 43.7 Å². The highest BCUT2D eigenvalue weighted by molar-refractivity contribution is 7.09. The highest BCUT2D eigenvalue weighted by Crippen LogP contribution is 2.35. The Bertz CT molecular complexity index is 798. The molecule has 0 bridgehead atoms. The van der Waals surface area contributed by atoms with Gasteiger partial charge in [0.05, 0.1) is 13.1 Å². The van der Waals surface area contributed by atoms with Gasteiger partial charge in [0.15, 0.2) is 11.5 Å². The molecule has 2 aliphatic rings. The fourth-order valence-electron chi connectivity index (χ4n) is 4.28. The van der Waals surface area contributed by atoms with E-state index in [-0.39, 0.29) is 5.91 Å². The summed E-state index contributed by atoms with van der Waals surface area (Å²) < 4.78 is 11.4. The first-order chi connectivity index (χ1) is 13.6. The van der Waals surface area contributed by atoms with E-state index in [4.69, 9.17) is 9.47 Å². The van der Waals surface area contributed by atoms with Gasteiger partial charge in [0.2, 0.25) is 5.91 Å². The Kier molecular flexibility index (Phi) is 5.87. The minimum Gasteiger partial charge on any atom is -0.486 e. The van der Waals surface area contributed by atoms with Crippen molar-refractivity contribution in [1.82, 2.24) is 4.90 Å². The van der Waals surface area contributed by atoms with Gasteiger partial charge in [0, 0.05) is 29.7 Å². The lowest BCUT2D eigenvalue weighted by Crippen LogP contribution is -2.45. The number of carbonyl (C=O) groups excluding carboxylic acids is 1. The lowest BCUT2D eigenvalue weighted by atomic mass is 9.92. The lowest BCUT2D eigenvalue weighted by molar-refractivity contribution is -0.120. The minimum absolute atomic E-state index is 0.131. The summed E-state index contributed by atoms with van der Waals surface area (Å²) in [6.45, 7) is 8.67. The molecule has 0 radical (unpaired) electrons. The van der Waals surface area contributed by atoms with E-state index in [9.17, 15) is 4.79 Å². The Labute approximate surface area is 170 Å². The first-order valence-corrected chi connectivity index (χ1v) is 10.9. The lowest BCUT2D eigenvalue weighted by Gasteiger charge is -2.35. The first kappa shape index (κ1) is 19.3. The van der Waals surface area contributed by atoms with E-state index in [0.717, 1.165) is 24.5 Å². The topological polar surface area (TPSA) is 42.0 Å². The molecule has 0 N–H and O–H groups in total. The van der Waals surface area contributed by atoms with Crippen molar-refractivity contribution in [3.63, 3.8) is 0 Å². The Morgan fingerprint density at radius 2 is 1.89 bits per heavy atom. The van der Waals surface area contributed by atoms with Crippen molar-refractivity contribution in [2.45, 2.75) is 26.8 Å². The van der Waals surface area contributed by atoms with Gasteiger partial charge >= 0.3 is 0 Å². The number of rotatable bonds is 5. The van der Waals surface area contributed by atoms with Gasteiger partial charge in [-0.05, 0) is 41.8 Å². The SMILES string of the molecule is CC1CC(C)CN(CC(=O)N(Cc2cccs2)c2ccc3c(c2)OCCO3)C1. The molecule has 1 amide bonds. The highest BCUT2D eigenvalue weighted by atomic mass is 32.1. The van der Waals surface area contributed by atoms with Gasteiger partial charge in [-0.25, -0.2) is 0 Å². The van der Waals surface area contributed by atoms with Crippen molar-refractivity contribution in [2.75, 3.05) is 37.7 Å². The maximum atomic E-state index is 13.3. The molecule has 1 fully saturated rings.